The van der Waals surface area contributed by atoms with E-state index in [1.54, 1.807) is 0 Å². The van der Waals surface area contributed by atoms with Crippen LogP contribution in [-0.4, -0.2) is 9.97 Å². The lowest BCUT2D eigenvalue weighted by Crippen LogP contribution is -2.37. The fourth-order valence-electron chi connectivity index (χ4n) is 2.72. The second-order valence-corrected chi connectivity index (χ2v) is 6.21. The third-order valence-electron chi connectivity index (χ3n) is 4.00. The van der Waals surface area contributed by atoms with Gasteiger partial charge in [-0.3, -0.25) is 0 Å². The molecule has 0 bridgehead atoms. The van der Waals surface area contributed by atoms with Crippen molar-refractivity contribution in [2.75, 3.05) is 5.73 Å². The van der Waals surface area contributed by atoms with Gasteiger partial charge in [0, 0.05) is 0 Å². The second-order valence-electron chi connectivity index (χ2n) is 5.13. The summed E-state index contributed by atoms with van der Waals surface area (Å²) in [4.78, 5) is 9.27. The molecule has 1 aliphatic carbocycles. The van der Waals surface area contributed by atoms with Crippen molar-refractivity contribution in [3.8, 4) is 0 Å². The van der Waals surface area contributed by atoms with Crippen LogP contribution in [-0.2, 0) is 5.41 Å². The van der Waals surface area contributed by atoms with Gasteiger partial charge in [-0.05, 0) is 47.9 Å². The Morgan fingerprint density at radius 1 is 1.16 bits per heavy atom. The summed E-state index contributed by atoms with van der Waals surface area (Å²) in [6.45, 7) is 2.00. The molecule has 1 aromatic heterocycles. The van der Waals surface area contributed by atoms with Crippen molar-refractivity contribution >= 4 is 28.4 Å². The van der Waals surface area contributed by atoms with Crippen molar-refractivity contribution in [3.63, 3.8) is 0 Å². The van der Waals surface area contributed by atoms with Crippen molar-refractivity contribution in [3.05, 3.63) is 51.0 Å². The van der Waals surface area contributed by atoms with E-state index in [9.17, 15) is 0 Å². The summed E-state index contributed by atoms with van der Waals surface area (Å²) >= 11 is 2.21. The van der Waals surface area contributed by atoms with E-state index in [0.29, 0.717) is 5.82 Å². The van der Waals surface area contributed by atoms with Crippen molar-refractivity contribution in [2.24, 2.45) is 0 Å². The molecule has 1 saturated carbocycles. The van der Waals surface area contributed by atoms with Gasteiger partial charge in [0.25, 0.3) is 0 Å². The van der Waals surface area contributed by atoms with Crippen LogP contribution in [0.15, 0.2) is 30.3 Å². The predicted octanol–water partition coefficient (Wildman–Crippen LogP) is 3.44. The highest BCUT2D eigenvalue weighted by atomic mass is 127. The first-order chi connectivity index (χ1) is 9.13. The van der Waals surface area contributed by atoms with E-state index in [1.165, 1.54) is 12.0 Å². The number of nitrogens with two attached hydrogens (primary N) is 1. The van der Waals surface area contributed by atoms with Gasteiger partial charge in [-0.25, -0.2) is 9.97 Å². The van der Waals surface area contributed by atoms with Crippen molar-refractivity contribution in [2.45, 2.75) is 31.6 Å². The molecule has 3 nitrogen and oxygen atoms in total. The first-order valence-corrected chi connectivity index (χ1v) is 7.57. The number of nitrogen functional groups attached to an aromatic ring is 1. The van der Waals surface area contributed by atoms with E-state index >= 15 is 0 Å². The number of anilines is 1. The molecule has 0 saturated heterocycles. The van der Waals surface area contributed by atoms with Crippen molar-refractivity contribution in [1.82, 2.24) is 9.97 Å². The molecular formula is C15H16IN3. The molecule has 1 heterocycles. The zero-order valence-corrected chi connectivity index (χ0v) is 13.0. The minimum absolute atomic E-state index is 0.0233. The minimum Gasteiger partial charge on any atom is -0.383 e. The topological polar surface area (TPSA) is 51.8 Å². The van der Waals surface area contributed by atoms with E-state index < -0.39 is 0 Å². The molecule has 1 fully saturated rings. The molecule has 2 aromatic rings. The molecule has 1 aromatic carbocycles. The number of halogens is 1. The Morgan fingerprint density at radius 3 is 2.37 bits per heavy atom. The van der Waals surface area contributed by atoms with Gasteiger partial charge in [0.1, 0.15) is 11.6 Å². The maximum absolute atomic E-state index is 6.02. The zero-order valence-electron chi connectivity index (χ0n) is 10.9. The van der Waals surface area contributed by atoms with E-state index in [1.807, 2.05) is 13.0 Å². The van der Waals surface area contributed by atoms with Gasteiger partial charge in [-0.2, -0.15) is 0 Å². The molecule has 0 unspecified atom stereocenters. The maximum atomic E-state index is 6.02. The van der Waals surface area contributed by atoms with E-state index in [2.05, 4.69) is 51.8 Å². The average molecular weight is 365 g/mol. The number of nitrogens with zero attached hydrogens (tertiary/aromatic N) is 2. The lowest BCUT2D eigenvalue weighted by molar-refractivity contribution is 0.285. The van der Waals surface area contributed by atoms with Crippen LogP contribution >= 0.6 is 22.6 Å². The molecule has 4 heteroatoms. The lowest BCUT2D eigenvalue weighted by atomic mass is 9.64. The first-order valence-electron chi connectivity index (χ1n) is 6.49. The van der Waals surface area contributed by atoms with Crippen LogP contribution in [0.1, 0.15) is 36.3 Å². The summed E-state index contributed by atoms with van der Waals surface area (Å²) in [6.07, 6.45) is 3.44. The smallest absolute Gasteiger partial charge is 0.141 e. The Labute approximate surface area is 126 Å². The molecule has 0 atom stereocenters. The van der Waals surface area contributed by atoms with Crippen molar-refractivity contribution in [1.29, 1.82) is 0 Å². The largest absolute Gasteiger partial charge is 0.383 e. The van der Waals surface area contributed by atoms with Crippen LogP contribution in [0.5, 0.6) is 0 Å². The van der Waals surface area contributed by atoms with E-state index in [-0.39, 0.29) is 5.41 Å². The number of rotatable bonds is 2. The van der Waals surface area contributed by atoms with Gasteiger partial charge in [-0.15, -0.1) is 0 Å². The van der Waals surface area contributed by atoms with Crippen LogP contribution < -0.4 is 5.73 Å². The third kappa shape index (κ3) is 2.02. The Bertz CT molecular complexity index is 583. The number of benzene rings is 1. The van der Waals surface area contributed by atoms with E-state index in [4.69, 9.17) is 10.7 Å². The van der Waals surface area contributed by atoms with Crippen LogP contribution in [0, 0.1) is 10.5 Å². The lowest BCUT2D eigenvalue weighted by Gasteiger charge is -2.41. The number of aromatic nitrogens is 2. The van der Waals surface area contributed by atoms with Crippen LogP contribution in [0.2, 0.25) is 0 Å². The SMILES string of the molecule is Cc1nc(C2(c3ccccc3)CCC2)nc(N)c1I. The van der Waals surface area contributed by atoms with E-state index in [0.717, 1.165) is 27.9 Å². The molecule has 19 heavy (non-hydrogen) atoms. The molecular weight excluding hydrogens is 349 g/mol. The molecule has 0 radical (unpaired) electrons. The highest BCUT2D eigenvalue weighted by Gasteiger charge is 2.43. The summed E-state index contributed by atoms with van der Waals surface area (Å²) in [5.41, 5.74) is 8.28. The molecule has 0 amide bonds. The molecule has 98 valence electrons. The molecule has 1 aliphatic rings. The van der Waals surface area contributed by atoms with Crippen LogP contribution in [0.3, 0.4) is 0 Å². The average Bonchev–Trinajstić information content (AvgIpc) is 2.36. The van der Waals surface area contributed by atoms with Gasteiger partial charge in [-0.1, -0.05) is 36.8 Å². The summed E-state index contributed by atoms with van der Waals surface area (Å²) in [5.74, 6) is 1.49. The fourth-order valence-corrected chi connectivity index (χ4v) is 2.97. The van der Waals surface area contributed by atoms with Crippen LogP contribution in [0.25, 0.3) is 0 Å². The Morgan fingerprint density at radius 2 is 1.84 bits per heavy atom. The summed E-state index contributed by atoms with van der Waals surface area (Å²) < 4.78 is 0.962. The maximum Gasteiger partial charge on any atom is 0.141 e. The zero-order chi connectivity index (χ0) is 13.5. The highest BCUT2D eigenvalue weighted by molar-refractivity contribution is 14.1. The third-order valence-corrected chi connectivity index (χ3v) is 5.34. The van der Waals surface area contributed by atoms with Gasteiger partial charge in [0.05, 0.1) is 14.7 Å². The second kappa shape index (κ2) is 4.74. The number of aryl methyl sites for hydroxylation is 1. The predicted molar refractivity (Wildman–Crippen MR) is 85.0 cm³/mol. The summed E-state index contributed by atoms with van der Waals surface area (Å²) in [5, 5.41) is 0. The monoisotopic (exact) mass is 365 g/mol. The normalized spacial score (nSPS) is 16.9. The molecule has 0 aliphatic heterocycles. The minimum atomic E-state index is -0.0233. The first kappa shape index (κ1) is 12.8. The Kier molecular flexibility index (Phi) is 3.20. The van der Waals surface area contributed by atoms with Crippen LogP contribution in [0.4, 0.5) is 5.82 Å². The molecule has 0 spiro atoms. The standard InChI is InChI=1S/C15H16IN3/c1-10-12(16)13(17)19-14(18-10)15(8-5-9-15)11-6-3-2-4-7-11/h2-4,6-7H,5,8-9H2,1H3,(H2,17,18,19). The van der Waals surface area contributed by atoms with Gasteiger partial charge < -0.3 is 5.73 Å². The number of hydrogen-bond donors (Lipinski definition) is 1. The summed E-state index contributed by atoms with van der Waals surface area (Å²) in [7, 11) is 0. The van der Waals surface area contributed by atoms with Gasteiger partial charge in [0.2, 0.25) is 0 Å². The molecule has 2 N–H and O–H groups in total. The van der Waals surface area contributed by atoms with Crippen molar-refractivity contribution < 1.29 is 0 Å². The Balaban J connectivity index is 2.13. The fraction of sp³-hybridized carbons (Fsp3) is 0.333. The summed E-state index contributed by atoms with van der Waals surface area (Å²) in [6, 6.07) is 10.6. The van der Waals surface area contributed by atoms with Gasteiger partial charge in [0.15, 0.2) is 0 Å². The quantitative estimate of drug-likeness (QED) is 0.830. The number of hydrogen-bond acceptors (Lipinski definition) is 3. The highest BCUT2D eigenvalue weighted by Crippen LogP contribution is 2.47. The Hall–Kier alpha value is -1.17. The van der Waals surface area contributed by atoms with Gasteiger partial charge >= 0.3 is 0 Å². The molecule has 3 rings (SSSR count).